The molecule has 192 valence electrons. The molecule has 0 aliphatic carbocycles. The Morgan fingerprint density at radius 2 is 1.46 bits per heavy atom. The van der Waals surface area contributed by atoms with E-state index in [-0.39, 0.29) is 0 Å². The van der Waals surface area contributed by atoms with Gasteiger partial charge < -0.3 is 19.9 Å². The van der Waals surface area contributed by atoms with Crippen LogP contribution in [0.5, 0.6) is 0 Å². The molecule has 2 aromatic rings. The van der Waals surface area contributed by atoms with E-state index < -0.39 is 11.7 Å². The first kappa shape index (κ1) is 26.8. The van der Waals surface area contributed by atoms with Gasteiger partial charge in [-0.2, -0.15) is 0 Å². The van der Waals surface area contributed by atoms with Crippen LogP contribution in [0.15, 0.2) is 36.7 Å². The van der Waals surface area contributed by atoms with Crippen molar-refractivity contribution in [2.45, 2.75) is 39.5 Å². The highest BCUT2D eigenvalue weighted by atomic mass is 16.6. The average molecular weight is 487 g/mol. The number of nitrogens with one attached hydrogen (secondary N) is 1. The third-order valence-corrected chi connectivity index (χ3v) is 5.28. The first-order valence-corrected chi connectivity index (χ1v) is 12.0. The Balaban J connectivity index is 0.000000211. The second-order valence-electron chi connectivity index (χ2n) is 9.52. The number of hydrogen-bond donors (Lipinski definition) is 2. The highest BCUT2D eigenvalue weighted by Gasteiger charge is 2.17. The molecule has 35 heavy (non-hydrogen) atoms. The van der Waals surface area contributed by atoms with Gasteiger partial charge in [0.15, 0.2) is 0 Å². The van der Waals surface area contributed by atoms with Crippen LogP contribution in [0.4, 0.5) is 16.2 Å². The van der Waals surface area contributed by atoms with E-state index >= 15 is 0 Å². The standard InChI is InChI=1S/C15H23N3O3.C10H15N3O/c1-15(2,3)21-14(19)17-12-4-5-16-13(10-12)11-18-6-8-20-9-7-18;11-9-1-2-12-10(7-9)8-13-3-5-14-6-4-13/h4-5,10H,6-9,11H2,1-3H3,(H,16,17,19);1-2,7H,3-6,8H2,(H2,11,12). The summed E-state index contributed by atoms with van der Waals surface area (Å²) in [6, 6.07) is 7.37. The minimum Gasteiger partial charge on any atom is -0.444 e. The molecular formula is C25H38N6O4. The van der Waals surface area contributed by atoms with Crippen LogP contribution >= 0.6 is 0 Å². The molecule has 2 fully saturated rings. The number of aromatic nitrogens is 2. The summed E-state index contributed by atoms with van der Waals surface area (Å²) in [6.07, 6.45) is 3.00. The van der Waals surface area contributed by atoms with E-state index in [9.17, 15) is 4.79 Å². The summed E-state index contributed by atoms with van der Waals surface area (Å²) in [5.41, 5.74) is 8.61. The van der Waals surface area contributed by atoms with E-state index in [1.807, 2.05) is 39.0 Å². The van der Waals surface area contributed by atoms with Gasteiger partial charge in [-0.1, -0.05) is 0 Å². The Morgan fingerprint density at radius 3 is 1.97 bits per heavy atom. The first-order valence-electron chi connectivity index (χ1n) is 12.0. The third kappa shape index (κ3) is 10.6. The number of pyridine rings is 2. The van der Waals surface area contributed by atoms with Crippen LogP contribution in [0.3, 0.4) is 0 Å². The largest absolute Gasteiger partial charge is 0.444 e. The van der Waals surface area contributed by atoms with Gasteiger partial charge in [-0.25, -0.2) is 4.79 Å². The molecule has 2 aromatic heterocycles. The number of nitrogens with two attached hydrogens (primary N) is 1. The Hall–Kier alpha value is -2.79. The zero-order chi connectivity index (χ0) is 25.1. The van der Waals surface area contributed by atoms with Crippen molar-refractivity contribution in [3.63, 3.8) is 0 Å². The Morgan fingerprint density at radius 1 is 0.943 bits per heavy atom. The van der Waals surface area contributed by atoms with Crippen molar-refractivity contribution in [1.29, 1.82) is 0 Å². The van der Waals surface area contributed by atoms with Crippen LogP contribution in [0.2, 0.25) is 0 Å². The third-order valence-electron chi connectivity index (χ3n) is 5.28. The van der Waals surface area contributed by atoms with E-state index in [1.165, 1.54) is 0 Å². The predicted molar refractivity (Wildman–Crippen MR) is 135 cm³/mol. The van der Waals surface area contributed by atoms with Gasteiger partial charge in [-0.05, 0) is 45.0 Å². The number of rotatable bonds is 5. The van der Waals surface area contributed by atoms with Crippen molar-refractivity contribution in [2.75, 3.05) is 63.7 Å². The molecule has 2 aliphatic rings. The number of morpholine rings is 2. The zero-order valence-corrected chi connectivity index (χ0v) is 21.0. The zero-order valence-electron chi connectivity index (χ0n) is 21.0. The van der Waals surface area contributed by atoms with Crippen LogP contribution in [0.25, 0.3) is 0 Å². The van der Waals surface area contributed by atoms with E-state index in [1.54, 1.807) is 18.5 Å². The van der Waals surface area contributed by atoms with Gasteiger partial charge in [-0.15, -0.1) is 0 Å². The molecule has 0 spiro atoms. The summed E-state index contributed by atoms with van der Waals surface area (Å²) in [5.74, 6) is 0. The van der Waals surface area contributed by atoms with Gasteiger partial charge >= 0.3 is 6.09 Å². The molecule has 1 amide bonds. The quantitative estimate of drug-likeness (QED) is 0.658. The summed E-state index contributed by atoms with van der Waals surface area (Å²) < 4.78 is 15.8. The Kier molecular flexibility index (Phi) is 10.2. The maximum atomic E-state index is 11.7. The van der Waals surface area contributed by atoms with Crippen LogP contribution in [-0.2, 0) is 27.3 Å². The van der Waals surface area contributed by atoms with Crippen molar-refractivity contribution < 1.29 is 19.0 Å². The van der Waals surface area contributed by atoms with Gasteiger partial charge in [0.05, 0.1) is 37.8 Å². The fraction of sp³-hybridized carbons (Fsp3) is 0.560. The molecule has 0 radical (unpaired) electrons. The number of anilines is 2. The van der Waals surface area contributed by atoms with E-state index in [2.05, 4.69) is 25.1 Å². The van der Waals surface area contributed by atoms with E-state index in [0.29, 0.717) is 5.69 Å². The monoisotopic (exact) mass is 486 g/mol. The van der Waals surface area contributed by atoms with Crippen LogP contribution in [-0.4, -0.2) is 84.1 Å². The lowest BCUT2D eigenvalue weighted by atomic mass is 10.2. The molecule has 2 aliphatic heterocycles. The van der Waals surface area contributed by atoms with Crippen molar-refractivity contribution in [3.8, 4) is 0 Å². The summed E-state index contributed by atoms with van der Waals surface area (Å²) in [7, 11) is 0. The SMILES string of the molecule is CC(C)(C)OC(=O)Nc1ccnc(CN2CCOCC2)c1.Nc1ccnc(CN2CCOCC2)c1. The highest BCUT2D eigenvalue weighted by molar-refractivity contribution is 5.84. The number of ether oxygens (including phenoxy) is 3. The smallest absolute Gasteiger partial charge is 0.412 e. The van der Waals surface area contributed by atoms with Crippen LogP contribution < -0.4 is 11.1 Å². The van der Waals surface area contributed by atoms with Gasteiger partial charge in [0.25, 0.3) is 0 Å². The lowest BCUT2D eigenvalue weighted by Gasteiger charge is -2.26. The molecule has 0 bridgehead atoms. The summed E-state index contributed by atoms with van der Waals surface area (Å²) in [4.78, 5) is 25.0. The average Bonchev–Trinajstić information content (AvgIpc) is 2.80. The summed E-state index contributed by atoms with van der Waals surface area (Å²) in [5, 5.41) is 2.73. The Bertz CT molecular complexity index is 924. The second-order valence-corrected chi connectivity index (χ2v) is 9.52. The first-order chi connectivity index (χ1) is 16.8. The van der Waals surface area contributed by atoms with Crippen molar-refractivity contribution in [3.05, 3.63) is 48.0 Å². The Labute approximate surface area is 207 Å². The van der Waals surface area contributed by atoms with Gasteiger partial charge in [0, 0.05) is 63.0 Å². The van der Waals surface area contributed by atoms with Crippen molar-refractivity contribution >= 4 is 17.5 Å². The minimum atomic E-state index is -0.506. The predicted octanol–water partition coefficient (Wildman–Crippen LogP) is 2.76. The van der Waals surface area contributed by atoms with Gasteiger partial charge in [0.1, 0.15) is 5.60 Å². The van der Waals surface area contributed by atoms with E-state index in [4.69, 9.17) is 19.9 Å². The summed E-state index contributed by atoms with van der Waals surface area (Å²) >= 11 is 0. The topological polar surface area (TPSA) is 115 Å². The maximum absolute atomic E-state index is 11.7. The molecule has 10 nitrogen and oxygen atoms in total. The van der Waals surface area contributed by atoms with Crippen LogP contribution in [0.1, 0.15) is 32.2 Å². The van der Waals surface area contributed by atoms with E-state index in [0.717, 1.165) is 82.8 Å². The lowest BCUT2D eigenvalue weighted by molar-refractivity contribution is 0.0336. The van der Waals surface area contributed by atoms with Crippen molar-refractivity contribution in [2.24, 2.45) is 0 Å². The minimum absolute atomic E-state index is 0.453. The van der Waals surface area contributed by atoms with Crippen LogP contribution in [0, 0.1) is 0 Å². The number of carbonyl (C=O) groups excluding carboxylic acids is 1. The molecule has 2 saturated heterocycles. The fourth-order valence-electron chi connectivity index (χ4n) is 3.62. The van der Waals surface area contributed by atoms with Gasteiger partial charge in [-0.3, -0.25) is 25.1 Å². The second kappa shape index (κ2) is 13.3. The summed E-state index contributed by atoms with van der Waals surface area (Å²) in [6.45, 7) is 14.1. The number of hydrogen-bond acceptors (Lipinski definition) is 9. The van der Waals surface area contributed by atoms with Crippen molar-refractivity contribution in [1.82, 2.24) is 19.8 Å². The molecule has 4 heterocycles. The number of nitrogens with zero attached hydrogens (tertiary/aromatic N) is 4. The maximum Gasteiger partial charge on any atom is 0.412 e. The number of carbonyl (C=O) groups is 1. The molecular weight excluding hydrogens is 448 g/mol. The molecule has 0 saturated carbocycles. The molecule has 0 atom stereocenters. The molecule has 10 heteroatoms. The lowest BCUT2D eigenvalue weighted by Crippen LogP contribution is -2.35. The molecule has 0 unspecified atom stereocenters. The highest BCUT2D eigenvalue weighted by Crippen LogP contribution is 2.14. The molecule has 3 N–H and O–H groups in total. The molecule has 0 aromatic carbocycles. The number of amides is 1. The number of nitrogen functional groups attached to an aromatic ring is 1. The van der Waals surface area contributed by atoms with Gasteiger partial charge in [0.2, 0.25) is 0 Å². The normalized spacial score (nSPS) is 17.2. The fourth-order valence-corrected chi connectivity index (χ4v) is 3.62. The molecule has 4 rings (SSSR count).